The minimum atomic E-state index is -0.246. The van der Waals surface area contributed by atoms with E-state index in [2.05, 4.69) is 4.90 Å². The van der Waals surface area contributed by atoms with E-state index in [-0.39, 0.29) is 11.4 Å². The molecule has 1 fully saturated rings. The molecule has 2 aromatic carbocycles. The average Bonchev–Trinajstić information content (AvgIpc) is 2.73. The molecule has 0 saturated carbocycles. The minimum Gasteiger partial charge on any atom is -0.303 e. The number of halogens is 1. The predicted molar refractivity (Wildman–Crippen MR) is 110 cm³/mol. The van der Waals surface area contributed by atoms with Gasteiger partial charge in [0.15, 0.2) is 0 Å². The van der Waals surface area contributed by atoms with Gasteiger partial charge in [-0.3, -0.25) is 4.79 Å². The Bertz CT molecular complexity index is 991. The van der Waals surface area contributed by atoms with E-state index in [1.807, 2.05) is 24.3 Å². The Morgan fingerprint density at radius 1 is 0.893 bits per heavy atom. The molecule has 0 spiro atoms. The van der Waals surface area contributed by atoms with Crippen molar-refractivity contribution in [3.63, 3.8) is 0 Å². The summed E-state index contributed by atoms with van der Waals surface area (Å²) in [6.45, 7) is 3.95. The number of aromatic nitrogens is 2. The van der Waals surface area contributed by atoms with E-state index in [1.54, 1.807) is 16.8 Å². The van der Waals surface area contributed by atoms with Crippen LogP contribution in [0.5, 0.6) is 0 Å². The maximum Gasteiger partial charge on any atom is 0.274 e. The van der Waals surface area contributed by atoms with E-state index in [0.29, 0.717) is 18.4 Å². The highest BCUT2D eigenvalue weighted by molar-refractivity contribution is 5.83. The highest BCUT2D eigenvalue weighted by atomic mass is 19.1. The van der Waals surface area contributed by atoms with Gasteiger partial charge in [-0.25, -0.2) is 9.07 Å². The number of fused-ring (bicyclic) bond motifs is 1. The van der Waals surface area contributed by atoms with E-state index in [4.69, 9.17) is 5.10 Å². The molecule has 0 amide bonds. The zero-order valence-electron chi connectivity index (χ0n) is 16.1. The zero-order chi connectivity index (χ0) is 19.3. The second kappa shape index (κ2) is 8.65. The third-order valence-corrected chi connectivity index (χ3v) is 5.52. The number of rotatable bonds is 6. The van der Waals surface area contributed by atoms with Crippen LogP contribution >= 0.6 is 0 Å². The Labute approximate surface area is 164 Å². The monoisotopic (exact) mass is 379 g/mol. The summed E-state index contributed by atoms with van der Waals surface area (Å²) in [7, 11) is 0. The first-order valence-corrected chi connectivity index (χ1v) is 10.2. The lowest BCUT2D eigenvalue weighted by atomic mass is 10.0. The SMILES string of the molecule is O=c1c2ccccc2c(Cc2ccc(F)cc2)nn1CCCN1CCCCC1. The Balaban J connectivity index is 1.58. The summed E-state index contributed by atoms with van der Waals surface area (Å²) in [6, 6.07) is 14.1. The summed E-state index contributed by atoms with van der Waals surface area (Å²) in [5, 5.41) is 6.27. The molecule has 146 valence electrons. The molecule has 0 aliphatic carbocycles. The summed E-state index contributed by atoms with van der Waals surface area (Å²) in [5.74, 6) is -0.246. The van der Waals surface area contributed by atoms with Crippen molar-refractivity contribution >= 4 is 10.8 Å². The molecule has 4 nitrogen and oxygen atoms in total. The van der Waals surface area contributed by atoms with Crippen molar-refractivity contribution in [3.8, 4) is 0 Å². The van der Waals surface area contributed by atoms with Crippen LogP contribution in [0.25, 0.3) is 10.8 Å². The third-order valence-electron chi connectivity index (χ3n) is 5.52. The van der Waals surface area contributed by atoms with Crippen LogP contribution in [0, 0.1) is 5.82 Å². The molecule has 28 heavy (non-hydrogen) atoms. The fraction of sp³-hybridized carbons (Fsp3) is 0.391. The molecular formula is C23H26FN3O. The largest absolute Gasteiger partial charge is 0.303 e. The fourth-order valence-corrected chi connectivity index (χ4v) is 4.01. The van der Waals surface area contributed by atoms with E-state index in [0.717, 1.165) is 42.7 Å². The number of benzene rings is 2. The van der Waals surface area contributed by atoms with Gasteiger partial charge in [-0.2, -0.15) is 5.10 Å². The predicted octanol–water partition coefficient (Wildman–Crippen LogP) is 4.00. The zero-order valence-corrected chi connectivity index (χ0v) is 16.1. The van der Waals surface area contributed by atoms with Gasteiger partial charge in [0, 0.05) is 18.4 Å². The van der Waals surface area contributed by atoms with Crippen LogP contribution in [-0.4, -0.2) is 34.3 Å². The second-order valence-electron chi connectivity index (χ2n) is 7.58. The lowest BCUT2D eigenvalue weighted by Gasteiger charge is -2.26. The van der Waals surface area contributed by atoms with Crippen LogP contribution in [0.15, 0.2) is 53.3 Å². The van der Waals surface area contributed by atoms with Crippen molar-refractivity contribution in [2.24, 2.45) is 0 Å². The van der Waals surface area contributed by atoms with Crippen molar-refractivity contribution < 1.29 is 4.39 Å². The smallest absolute Gasteiger partial charge is 0.274 e. The van der Waals surface area contributed by atoms with Crippen molar-refractivity contribution in [1.82, 2.24) is 14.7 Å². The van der Waals surface area contributed by atoms with Crippen LogP contribution in [-0.2, 0) is 13.0 Å². The quantitative estimate of drug-likeness (QED) is 0.650. The third kappa shape index (κ3) is 4.30. The maximum atomic E-state index is 13.2. The highest BCUT2D eigenvalue weighted by Gasteiger charge is 2.13. The first-order chi connectivity index (χ1) is 13.7. The van der Waals surface area contributed by atoms with Crippen LogP contribution in [0.1, 0.15) is 36.9 Å². The summed E-state index contributed by atoms with van der Waals surface area (Å²) < 4.78 is 14.8. The van der Waals surface area contributed by atoms with Gasteiger partial charge in [-0.1, -0.05) is 36.8 Å². The van der Waals surface area contributed by atoms with Crippen molar-refractivity contribution in [1.29, 1.82) is 0 Å². The Morgan fingerprint density at radius 3 is 2.36 bits per heavy atom. The van der Waals surface area contributed by atoms with Gasteiger partial charge in [0.25, 0.3) is 5.56 Å². The van der Waals surface area contributed by atoms with Gasteiger partial charge < -0.3 is 4.90 Å². The summed E-state index contributed by atoms with van der Waals surface area (Å²) in [5.41, 5.74) is 1.81. The van der Waals surface area contributed by atoms with Gasteiger partial charge in [0.2, 0.25) is 0 Å². The van der Waals surface area contributed by atoms with Crippen molar-refractivity contribution in [2.45, 2.75) is 38.6 Å². The lowest BCUT2D eigenvalue weighted by molar-refractivity contribution is 0.221. The molecule has 1 saturated heterocycles. The number of likely N-dealkylation sites (tertiary alicyclic amines) is 1. The topological polar surface area (TPSA) is 38.1 Å². The number of hydrogen-bond acceptors (Lipinski definition) is 3. The maximum absolute atomic E-state index is 13.2. The molecule has 5 heteroatoms. The summed E-state index contributed by atoms with van der Waals surface area (Å²) in [6.07, 6.45) is 5.37. The van der Waals surface area contributed by atoms with E-state index in [1.165, 1.54) is 31.4 Å². The van der Waals surface area contributed by atoms with E-state index < -0.39 is 0 Å². The average molecular weight is 379 g/mol. The Morgan fingerprint density at radius 2 is 1.61 bits per heavy atom. The number of aryl methyl sites for hydroxylation is 1. The van der Waals surface area contributed by atoms with Crippen molar-refractivity contribution in [2.75, 3.05) is 19.6 Å². The van der Waals surface area contributed by atoms with E-state index >= 15 is 0 Å². The number of piperidine rings is 1. The summed E-state index contributed by atoms with van der Waals surface area (Å²) >= 11 is 0. The molecule has 3 aromatic rings. The van der Waals surface area contributed by atoms with Crippen LogP contribution in [0.2, 0.25) is 0 Å². The molecule has 0 bridgehead atoms. The van der Waals surface area contributed by atoms with Crippen LogP contribution < -0.4 is 5.56 Å². The molecule has 2 heterocycles. The number of nitrogens with zero attached hydrogens (tertiary/aromatic N) is 3. The lowest BCUT2D eigenvalue weighted by Crippen LogP contribution is -2.32. The Hall–Kier alpha value is -2.53. The normalized spacial score (nSPS) is 15.2. The molecule has 1 aliphatic rings. The number of hydrogen-bond donors (Lipinski definition) is 0. The standard InChI is InChI=1S/C23H26FN3O/c24-19-11-9-18(10-12-19)17-22-20-7-2-3-8-21(20)23(28)27(25-22)16-6-15-26-13-4-1-5-14-26/h2-3,7-12H,1,4-6,13-17H2. The highest BCUT2D eigenvalue weighted by Crippen LogP contribution is 2.17. The van der Waals surface area contributed by atoms with E-state index in [9.17, 15) is 9.18 Å². The first-order valence-electron chi connectivity index (χ1n) is 10.2. The first kappa shape index (κ1) is 18.8. The van der Waals surface area contributed by atoms with Crippen molar-refractivity contribution in [3.05, 3.63) is 76.0 Å². The molecule has 0 atom stereocenters. The molecule has 0 unspecified atom stereocenters. The molecule has 4 rings (SSSR count). The molecule has 0 radical (unpaired) electrons. The molecule has 1 aromatic heterocycles. The van der Waals surface area contributed by atoms with Gasteiger partial charge in [-0.15, -0.1) is 0 Å². The molecule has 0 N–H and O–H groups in total. The van der Waals surface area contributed by atoms with Gasteiger partial charge in [0.05, 0.1) is 11.1 Å². The minimum absolute atomic E-state index is 0.0305. The van der Waals surface area contributed by atoms with Crippen LogP contribution in [0.3, 0.4) is 0 Å². The molecular weight excluding hydrogens is 353 g/mol. The second-order valence-corrected chi connectivity index (χ2v) is 7.58. The fourth-order valence-electron chi connectivity index (χ4n) is 4.01. The van der Waals surface area contributed by atoms with Gasteiger partial charge >= 0.3 is 0 Å². The molecule has 1 aliphatic heterocycles. The van der Waals surface area contributed by atoms with Gasteiger partial charge in [0.1, 0.15) is 5.82 Å². The van der Waals surface area contributed by atoms with Gasteiger partial charge in [-0.05, 0) is 62.7 Å². The summed E-state index contributed by atoms with van der Waals surface area (Å²) in [4.78, 5) is 15.4. The Kier molecular flexibility index (Phi) is 5.81. The van der Waals surface area contributed by atoms with Crippen LogP contribution in [0.4, 0.5) is 4.39 Å².